The molecule has 69 valence electrons. The quantitative estimate of drug-likeness (QED) is 0.670. The summed E-state index contributed by atoms with van der Waals surface area (Å²) in [4.78, 5) is 0. The van der Waals surface area contributed by atoms with Crippen molar-refractivity contribution in [2.45, 2.75) is 12.8 Å². The predicted molar refractivity (Wildman–Crippen MR) is 56.3 cm³/mol. The summed E-state index contributed by atoms with van der Waals surface area (Å²) in [5, 5.41) is 0. The molecule has 0 N–H and O–H groups in total. The molecule has 0 spiro atoms. The molecule has 0 unspecified atom stereocenters. The average Bonchev–Trinajstić information content (AvgIpc) is 2.76. The van der Waals surface area contributed by atoms with E-state index in [4.69, 9.17) is 0 Å². The van der Waals surface area contributed by atoms with Gasteiger partial charge in [-0.05, 0) is 24.0 Å². The first-order chi connectivity index (χ1) is 6.42. The fourth-order valence-corrected chi connectivity index (χ4v) is 1.70. The third-order valence-electron chi connectivity index (χ3n) is 2.36. The Balaban J connectivity index is 0.000000980. The molecule has 2 rings (SSSR count). The van der Waals surface area contributed by atoms with E-state index in [0.717, 1.165) is 12.8 Å². The molecule has 0 aromatic carbocycles. The molecular weight excluding hydrogens is 337 g/mol. The molecule has 0 heterocycles. The van der Waals surface area contributed by atoms with Crippen molar-refractivity contribution >= 4 is 0 Å². The van der Waals surface area contributed by atoms with Gasteiger partial charge in [-0.2, -0.15) is 0 Å². The van der Waals surface area contributed by atoms with E-state index in [2.05, 4.69) is 48.8 Å². The molecule has 0 aliphatic heterocycles. The van der Waals surface area contributed by atoms with Crippen LogP contribution in [0.1, 0.15) is 12.8 Å². The summed E-state index contributed by atoms with van der Waals surface area (Å²) in [7, 11) is 0. The first kappa shape index (κ1) is 11.3. The SMILES string of the molecule is C=C=C(C1=CC=CC1)C1=CC=CC1.[Ta]. The van der Waals surface area contributed by atoms with Crippen LogP contribution in [-0.2, 0) is 22.4 Å². The third-order valence-corrected chi connectivity index (χ3v) is 2.36. The molecule has 0 saturated heterocycles. The van der Waals surface area contributed by atoms with E-state index in [9.17, 15) is 0 Å². The van der Waals surface area contributed by atoms with Crippen LogP contribution in [0, 0.1) is 0 Å². The predicted octanol–water partition coefficient (Wildman–Crippen LogP) is 3.47. The Morgan fingerprint density at radius 2 is 1.57 bits per heavy atom. The standard InChI is InChI=1S/C13H12.Ta/c1-2-13(11-7-3-4-8-11)12-9-5-6-10-12;/h3-7,9H,1,8,10H2;. The fraction of sp³-hybridized carbons (Fsp3) is 0.154. The minimum atomic E-state index is 0. The third kappa shape index (κ3) is 2.17. The van der Waals surface area contributed by atoms with Gasteiger partial charge in [-0.3, -0.25) is 0 Å². The molecule has 0 aromatic heterocycles. The van der Waals surface area contributed by atoms with Gasteiger partial charge in [-0.15, -0.1) is 5.73 Å². The van der Waals surface area contributed by atoms with E-state index in [0.29, 0.717) is 0 Å². The van der Waals surface area contributed by atoms with Gasteiger partial charge in [0.1, 0.15) is 0 Å². The van der Waals surface area contributed by atoms with Crippen LogP contribution in [0.4, 0.5) is 0 Å². The van der Waals surface area contributed by atoms with Crippen LogP contribution >= 0.6 is 0 Å². The number of hydrogen-bond acceptors (Lipinski definition) is 0. The summed E-state index contributed by atoms with van der Waals surface area (Å²) in [6.07, 6.45) is 14.8. The maximum atomic E-state index is 3.75. The van der Waals surface area contributed by atoms with Gasteiger partial charge < -0.3 is 0 Å². The monoisotopic (exact) mass is 349 g/mol. The Morgan fingerprint density at radius 3 is 1.86 bits per heavy atom. The van der Waals surface area contributed by atoms with Crippen LogP contribution in [0.2, 0.25) is 0 Å². The number of allylic oxidation sites excluding steroid dienone is 9. The van der Waals surface area contributed by atoms with Crippen molar-refractivity contribution in [1.29, 1.82) is 0 Å². The first-order valence-corrected chi connectivity index (χ1v) is 4.54. The molecule has 2 aliphatic rings. The van der Waals surface area contributed by atoms with E-state index < -0.39 is 0 Å². The summed E-state index contributed by atoms with van der Waals surface area (Å²) in [5.41, 5.74) is 6.90. The van der Waals surface area contributed by atoms with Crippen LogP contribution < -0.4 is 0 Å². The molecule has 2 aliphatic carbocycles. The van der Waals surface area contributed by atoms with Gasteiger partial charge in [0.05, 0.1) is 0 Å². The van der Waals surface area contributed by atoms with Crippen molar-refractivity contribution in [3.8, 4) is 0 Å². The van der Waals surface area contributed by atoms with Gasteiger partial charge in [-0.25, -0.2) is 0 Å². The van der Waals surface area contributed by atoms with Crippen LogP contribution in [0.3, 0.4) is 0 Å². The maximum absolute atomic E-state index is 3.75. The van der Waals surface area contributed by atoms with Gasteiger partial charge in [0.15, 0.2) is 0 Å². The van der Waals surface area contributed by atoms with E-state index in [1.54, 1.807) is 0 Å². The van der Waals surface area contributed by atoms with Crippen molar-refractivity contribution in [2.24, 2.45) is 0 Å². The second kappa shape index (κ2) is 5.19. The van der Waals surface area contributed by atoms with Crippen molar-refractivity contribution < 1.29 is 22.4 Å². The molecule has 0 amide bonds. The van der Waals surface area contributed by atoms with Gasteiger partial charge in [-0.1, -0.05) is 43.0 Å². The Hall–Kier alpha value is -0.780. The van der Waals surface area contributed by atoms with Gasteiger partial charge in [0, 0.05) is 28.0 Å². The van der Waals surface area contributed by atoms with E-state index in [1.165, 1.54) is 16.7 Å². The fourth-order valence-electron chi connectivity index (χ4n) is 1.70. The summed E-state index contributed by atoms with van der Waals surface area (Å²) in [6.45, 7) is 3.75. The first-order valence-electron chi connectivity index (χ1n) is 4.54. The molecule has 0 saturated carbocycles. The molecule has 0 nitrogen and oxygen atoms in total. The number of hydrogen-bond donors (Lipinski definition) is 0. The number of rotatable bonds is 2. The van der Waals surface area contributed by atoms with Crippen molar-refractivity contribution in [3.05, 3.63) is 65.5 Å². The van der Waals surface area contributed by atoms with Crippen molar-refractivity contribution in [1.82, 2.24) is 0 Å². The summed E-state index contributed by atoms with van der Waals surface area (Å²) >= 11 is 0. The Morgan fingerprint density at radius 1 is 1.07 bits per heavy atom. The second-order valence-electron chi connectivity index (χ2n) is 3.20. The maximum Gasteiger partial charge on any atom is 0.0228 e. The average molecular weight is 349 g/mol. The van der Waals surface area contributed by atoms with Crippen LogP contribution in [0.25, 0.3) is 0 Å². The van der Waals surface area contributed by atoms with Gasteiger partial charge >= 0.3 is 0 Å². The summed E-state index contributed by atoms with van der Waals surface area (Å²) < 4.78 is 0. The van der Waals surface area contributed by atoms with E-state index >= 15 is 0 Å². The molecule has 0 aromatic rings. The minimum Gasteiger partial charge on any atom is -0.120 e. The van der Waals surface area contributed by atoms with Crippen molar-refractivity contribution in [2.75, 3.05) is 0 Å². The molecule has 14 heavy (non-hydrogen) atoms. The smallest absolute Gasteiger partial charge is 0.0228 e. The Kier molecular flexibility index (Phi) is 4.19. The zero-order valence-electron chi connectivity index (χ0n) is 8.03. The Bertz CT molecular complexity index is 353. The van der Waals surface area contributed by atoms with Crippen molar-refractivity contribution in [3.63, 3.8) is 0 Å². The second-order valence-corrected chi connectivity index (χ2v) is 3.20. The minimum absolute atomic E-state index is 0. The van der Waals surface area contributed by atoms with Crippen LogP contribution in [0.15, 0.2) is 65.5 Å². The van der Waals surface area contributed by atoms with Crippen LogP contribution in [0.5, 0.6) is 0 Å². The van der Waals surface area contributed by atoms with Gasteiger partial charge in [0.2, 0.25) is 0 Å². The topological polar surface area (TPSA) is 0 Å². The van der Waals surface area contributed by atoms with E-state index in [1.807, 2.05) is 0 Å². The zero-order chi connectivity index (χ0) is 9.10. The largest absolute Gasteiger partial charge is 0.120 e. The molecule has 1 radical (unpaired) electrons. The van der Waals surface area contributed by atoms with Gasteiger partial charge in [0.25, 0.3) is 0 Å². The van der Waals surface area contributed by atoms with E-state index in [-0.39, 0.29) is 22.4 Å². The molecule has 0 bridgehead atoms. The molecule has 0 atom stereocenters. The molecular formula is C13H12Ta. The molecule has 0 fully saturated rings. The summed E-state index contributed by atoms with van der Waals surface area (Å²) in [5.74, 6) is 0. The summed E-state index contributed by atoms with van der Waals surface area (Å²) in [6, 6.07) is 0. The van der Waals surface area contributed by atoms with Crippen LogP contribution in [-0.4, -0.2) is 0 Å². The Labute approximate surface area is 101 Å². The molecule has 1 heteroatoms. The zero-order valence-corrected chi connectivity index (χ0v) is 11.2. The normalized spacial score (nSPS) is 17.1.